The Hall–Kier alpha value is -3.09. The van der Waals surface area contributed by atoms with Crippen LogP contribution in [0.5, 0.6) is 11.5 Å². The first kappa shape index (κ1) is 20.6. The largest absolute Gasteiger partial charge is 0.493 e. The van der Waals surface area contributed by atoms with E-state index in [0.29, 0.717) is 48.6 Å². The van der Waals surface area contributed by atoms with E-state index in [2.05, 4.69) is 10.3 Å². The molecule has 0 atom stereocenters. The Bertz CT molecular complexity index is 846. The zero-order valence-electron chi connectivity index (χ0n) is 17.1. The van der Waals surface area contributed by atoms with Crippen LogP contribution >= 0.6 is 0 Å². The fourth-order valence-electron chi connectivity index (χ4n) is 3.33. The molecule has 0 bridgehead atoms. The van der Waals surface area contributed by atoms with Crippen molar-refractivity contribution in [3.05, 3.63) is 53.9 Å². The minimum atomic E-state index is -0.154. The number of hydrogen-bond donors (Lipinski definition) is 1. The van der Waals surface area contributed by atoms with E-state index < -0.39 is 0 Å². The van der Waals surface area contributed by atoms with E-state index in [-0.39, 0.29) is 24.0 Å². The van der Waals surface area contributed by atoms with Gasteiger partial charge in [-0.1, -0.05) is 0 Å². The van der Waals surface area contributed by atoms with Gasteiger partial charge in [-0.05, 0) is 57.0 Å². The maximum Gasteiger partial charge on any atom is 0.253 e. The van der Waals surface area contributed by atoms with Crippen LogP contribution < -0.4 is 14.8 Å². The average molecular weight is 397 g/mol. The summed E-state index contributed by atoms with van der Waals surface area (Å²) < 4.78 is 11.0. The summed E-state index contributed by atoms with van der Waals surface area (Å²) in [4.78, 5) is 30.9. The molecule has 1 aromatic heterocycles. The maximum absolute atomic E-state index is 12.7. The molecule has 1 aliphatic rings. The summed E-state index contributed by atoms with van der Waals surface area (Å²) in [5, 5.41) is 3.06. The number of rotatable bonds is 6. The number of nitrogens with zero attached hydrogens (tertiary/aromatic N) is 2. The number of aromatic nitrogens is 1. The summed E-state index contributed by atoms with van der Waals surface area (Å²) in [6.07, 6.45) is 4.68. The van der Waals surface area contributed by atoms with Crippen molar-refractivity contribution in [1.29, 1.82) is 0 Å². The lowest BCUT2D eigenvalue weighted by Crippen LogP contribution is -2.46. The molecular weight excluding hydrogens is 370 g/mol. The topological polar surface area (TPSA) is 80.8 Å². The van der Waals surface area contributed by atoms with Gasteiger partial charge in [-0.15, -0.1) is 0 Å². The molecule has 2 amide bonds. The maximum atomic E-state index is 12.7. The summed E-state index contributed by atoms with van der Waals surface area (Å²) in [5.74, 6) is 0.993. The number of hydrogen-bond acceptors (Lipinski definition) is 5. The van der Waals surface area contributed by atoms with E-state index in [4.69, 9.17) is 9.47 Å². The first-order valence-corrected chi connectivity index (χ1v) is 9.82. The molecule has 29 heavy (non-hydrogen) atoms. The highest BCUT2D eigenvalue weighted by molar-refractivity contribution is 5.95. The summed E-state index contributed by atoms with van der Waals surface area (Å²) in [7, 11) is 1.56. The molecule has 0 unspecified atom stereocenters. The number of amides is 2. The van der Waals surface area contributed by atoms with Crippen LogP contribution in [0.2, 0.25) is 0 Å². The van der Waals surface area contributed by atoms with Crippen LogP contribution in [0.1, 0.15) is 47.4 Å². The number of benzene rings is 1. The Morgan fingerprint density at radius 1 is 1.07 bits per heavy atom. The number of carbonyl (C=O) groups excluding carboxylic acids is 2. The fraction of sp³-hybridized carbons (Fsp3) is 0.409. The van der Waals surface area contributed by atoms with Gasteiger partial charge in [0.2, 0.25) is 0 Å². The second-order valence-electron chi connectivity index (χ2n) is 7.31. The predicted molar refractivity (Wildman–Crippen MR) is 109 cm³/mol. The zero-order chi connectivity index (χ0) is 20.8. The predicted octanol–water partition coefficient (Wildman–Crippen LogP) is 2.91. The molecule has 0 spiro atoms. The van der Waals surface area contributed by atoms with Crippen molar-refractivity contribution in [3.8, 4) is 11.5 Å². The van der Waals surface area contributed by atoms with Gasteiger partial charge in [0.15, 0.2) is 11.5 Å². The van der Waals surface area contributed by atoms with E-state index >= 15 is 0 Å². The standard InChI is InChI=1S/C22H27N3O4/c1-15(2)29-19-5-4-17(14-20(19)28-3)21(26)24-18-8-12-25(13-9-18)22(27)16-6-10-23-11-7-16/h4-7,10-11,14-15,18H,8-9,12-13H2,1-3H3,(H,24,26). The third-order valence-corrected chi connectivity index (χ3v) is 4.83. The zero-order valence-corrected chi connectivity index (χ0v) is 17.1. The fourth-order valence-corrected chi connectivity index (χ4v) is 3.33. The number of likely N-dealkylation sites (tertiary alicyclic amines) is 1. The normalized spacial score (nSPS) is 14.6. The molecule has 1 aromatic carbocycles. The smallest absolute Gasteiger partial charge is 0.253 e. The van der Waals surface area contributed by atoms with Gasteiger partial charge in [0.05, 0.1) is 13.2 Å². The van der Waals surface area contributed by atoms with E-state index in [1.54, 1.807) is 49.8 Å². The van der Waals surface area contributed by atoms with Crippen molar-refractivity contribution in [3.63, 3.8) is 0 Å². The number of nitrogens with one attached hydrogen (secondary N) is 1. The lowest BCUT2D eigenvalue weighted by Gasteiger charge is -2.32. The molecule has 1 saturated heterocycles. The van der Waals surface area contributed by atoms with Gasteiger partial charge in [-0.2, -0.15) is 0 Å². The first-order chi connectivity index (χ1) is 14.0. The minimum Gasteiger partial charge on any atom is -0.493 e. The third kappa shape index (κ3) is 5.25. The van der Waals surface area contributed by atoms with Crippen molar-refractivity contribution in [2.24, 2.45) is 0 Å². The molecule has 0 aliphatic carbocycles. The second kappa shape index (κ2) is 9.41. The van der Waals surface area contributed by atoms with Crippen molar-refractivity contribution in [2.45, 2.75) is 38.8 Å². The average Bonchev–Trinajstić information content (AvgIpc) is 2.74. The number of carbonyl (C=O) groups is 2. The van der Waals surface area contributed by atoms with E-state index in [0.717, 1.165) is 0 Å². The number of pyridine rings is 1. The molecule has 1 N–H and O–H groups in total. The van der Waals surface area contributed by atoms with Crippen molar-refractivity contribution < 1.29 is 19.1 Å². The van der Waals surface area contributed by atoms with Gasteiger partial charge in [-0.25, -0.2) is 0 Å². The van der Waals surface area contributed by atoms with Gasteiger partial charge in [0.1, 0.15) is 0 Å². The Morgan fingerprint density at radius 2 is 1.76 bits per heavy atom. The molecule has 7 heteroatoms. The molecule has 1 aliphatic heterocycles. The van der Waals surface area contributed by atoms with Crippen molar-refractivity contribution in [2.75, 3.05) is 20.2 Å². The highest BCUT2D eigenvalue weighted by Gasteiger charge is 2.25. The lowest BCUT2D eigenvalue weighted by atomic mass is 10.0. The lowest BCUT2D eigenvalue weighted by molar-refractivity contribution is 0.0698. The quantitative estimate of drug-likeness (QED) is 0.811. The third-order valence-electron chi connectivity index (χ3n) is 4.83. The van der Waals surface area contributed by atoms with Gasteiger partial charge >= 0.3 is 0 Å². The molecule has 1 fully saturated rings. The van der Waals surface area contributed by atoms with Crippen molar-refractivity contribution in [1.82, 2.24) is 15.2 Å². The summed E-state index contributed by atoms with van der Waals surface area (Å²) in [6, 6.07) is 8.64. The number of piperidine rings is 1. The SMILES string of the molecule is COc1cc(C(=O)NC2CCN(C(=O)c3ccncc3)CC2)ccc1OC(C)C. The first-order valence-electron chi connectivity index (χ1n) is 9.82. The minimum absolute atomic E-state index is 0.00246. The summed E-state index contributed by atoms with van der Waals surface area (Å²) >= 11 is 0. The van der Waals surface area contributed by atoms with Gasteiger partial charge in [0, 0.05) is 42.7 Å². The van der Waals surface area contributed by atoms with Gasteiger partial charge in [0.25, 0.3) is 11.8 Å². The molecule has 2 aromatic rings. The van der Waals surface area contributed by atoms with Crippen LogP contribution in [-0.4, -0.2) is 54.0 Å². The molecule has 3 rings (SSSR count). The van der Waals surface area contributed by atoms with Crippen LogP contribution in [-0.2, 0) is 0 Å². The number of ether oxygens (including phenoxy) is 2. The second-order valence-corrected chi connectivity index (χ2v) is 7.31. The molecule has 0 radical (unpaired) electrons. The van der Waals surface area contributed by atoms with E-state index in [1.807, 2.05) is 18.7 Å². The van der Waals surface area contributed by atoms with Crippen molar-refractivity contribution >= 4 is 11.8 Å². The molecular formula is C22H27N3O4. The van der Waals surface area contributed by atoms with Gasteiger partial charge in [-0.3, -0.25) is 14.6 Å². The van der Waals surface area contributed by atoms with Crippen LogP contribution in [0.3, 0.4) is 0 Å². The van der Waals surface area contributed by atoms with Gasteiger partial charge < -0.3 is 19.7 Å². The number of methoxy groups -OCH3 is 1. The van der Waals surface area contributed by atoms with Crippen LogP contribution in [0.4, 0.5) is 0 Å². The molecule has 7 nitrogen and oxygen atoms in total. The Labute approximate surface area is 171 Å². The van der Waals surface area contributed by atoms with E-state index in [1.165, 1.54) is 0 Å². The Kier molecular flexibility index (Phi) is 6.69. The van der Waals surface area contributed by atoms with Crippen LogP contribution in [0.15, 0.2) is 42.7 Å². The van der Waals surface area contributed by atoms with Crippen LogP contribution in [0, 0.1) is 0 Å². The van der Waals surface area contributed by atoms with E-state index in [9.17, 15) is 9.59 Å². The highest BCUT2D eigenvalue weighted by atomic mass is 16.5. The summed E-state index contributed by atoms with van der Waals surface area (Å²) in [5.41, 5.74) is 1.16. The highest BCUT2D eigenvalue weighted by Crippen LogP contribution is 2.29. The molecule has 154 valence electrons. The Morgan fingerprint density at radius 3 is 2.38 bits per heavy atom. The van der Waals surface area contributed by atoms with Crippen LogP contribution in [0.25, 0.3) is 0 Å². The summed E-state index contributed by atoms with van der Waals surface area (Å²) in [6.45, 7) is 5.09. The molecule has 2 heterocycles. The Balaban J connectivity index is 1.56. The monoisotopic (exact) mass is 397 g/mol. The molecule has 0 saturated carbocycles.